The predicted molar refractivity (Wildman–Crippen MR) is 61.8 cm³/mol. The summed E-state index contributed by atoms with van der Waals surface area (Å²) in [5.41, 5.74) is 7.48. The van der Waals surface area contributed by atoms with Crippen molar-refractivity contribution in [3.8, 4) is 0 Å². The maximum Gasteiger partial charge on any atom is 0.0772 e. The SMILES string of the molecule is Nc1cccnc1CN1CCS(=O)CC1. The van der Waals surface area contributed by atoms with Crippen molar-refractivity contribution in [2.24, 2.45) is 0 Å². The van der Waals surface area contributed by atoms with Crippen LogP contribution in [0.1, 0.15) is 5.69 Å². The van der Waals surface area contributed by atoms with E-state index in [9.17, 15) is 4.21 Å². The summed E-state index contributed by atoms with van der Waals surface area (Å²) in [7, 11) is -0.618. The average Bonchev–Trinajstić information content (AvgIpc) is 2.25. The quantitative estimate of drug-likeness (QED) is 0.782. The summed E-state index contributed by atoms with van der Waals surface area (Å²) in [5.74, 6) is 1.54. The van der Waals surface area contributed by atoms with Crippen molar-refractivity contribution < 1.29 is 4.21 Å². The van der Waals surface area contributed by atoms with Gasteiger partial charge in [0.05, 0.1) is 11.4 Å². The van der Waals surface area contributed by atoms with Crippen LogP contribution in [0.4, 0.5) is 5.69 Å². The Balaban J connectivity index is 1.97. The number of hydrogen-bond acceptors (Lipinski definition) is 4. The molecule has 2 heterocycles. The Kier molecular flexibility index (Phi) is 3.33. The fourth-order valence-corrected chi connectivity index (χ4v) is 2.76. The molecule has 0 aromatic carbocycles. The molecule has 2 rings (SSSR count). The molecule has 1 aliphatic heterocycles. The van der Waals surface area contributed by atoms with Gasteiger partial charge >= 0.3 is 0 Å². The van der Waals surface area contributed by atoms with Crippen molar-refractivity contribution in [2.75, 3.05) is 30.3 Å². The highest BCUT2D eigenvalue weighted by Gasteiger charge is 2.16. The Morgan fingerprint density at radius 3 is 2.87 bits per heavy atom. The summed E-state index contributed by atoms with van der Waals surface area (Å²) in [6, 6.07) is 3.70. The number of nitrogens with zero attached hydrogens (tertiary/aromatic N) is 2. The summed E-state index contributed by atoms with van der Waals surface area (Å²) in [5, 5.41) is 0. The van der Waals surface area contributed by atoms with Gasteiger partial charge in [0.25, 0.3) is 0 Å². The van der Waals surface area contributed by atoms with Gasteiger partial charge in [-0.3, -0.25) is 14.1 Å². The maximum absolute atomic E-state index is 11.2. The molecule has 0 amide bonds. The average molecular weight is 225 g/mol. The van der Waals surface area contributed by atoms with Gasteiger partial charge in [-0.1, -0.05) is 0 Å². The molecular formula is C10H15N3OS. The Hall–Kier alpha value is -0.940. The van der Waals surface area contributed by atoms with Crippen molar-refractivity contribution in [3.05, 3.63) is 24.0 Å². The summed E-state index contributed by atoms with van der Waals surface area (Å²) in [4.78, 5) is 6.50. The standard InChI is InChI=1S/C10H15N3OS/c11-9-2-1-3-12-10(9)8-13-4-6-15(14)7-5-13/h1-3H,4-8,11H2. The second-order valence-electron chi connectivity index (χ2n) is 3.66. The number of nitrogens with two attached hydrogens (primary N) is 1. The molecule has 1 aromatic rings. The first kappa shape index (κ1) is 10.6. The highest BCUT2D eigenvalue weighted by Crippen LogP contribution is 2.11. The van der Waals surface area contributed by atoms with E-state index in [1.54, 1.807) is 6.20 Å². The van der Waals surface area contributed by atoms with Gasteiger partial charge < -0.3 is 5.73 Å². The van der Waals surface area contributed by atoms with Crippen LogP contribution in [0.2, 0.25) is 0 Å². The van der Waals surface area contributed by atoms with E-state index in [1.807, 2.05) is 12.1 Å². The molecule has 1 fully saturated rings. The smallest absolute Gasteiger partial charge is 0.0772 e. The van der Waals surface area contributed by atoms with Crippen molar-refractivity contribution in [3.63, 3.8) is 0 Å². The lowest BCUT2D eigenvalue weighted by Gasteiger charge is -2.25. The number of rotatable bonds is 2. The molecule has 0 atom stereocenters. The van der Waals surface area contributed by atoms with Gasteiger partial charge in [0.1, 0.15) is 0 Å². The van der Waals surface area contributed by atoms with Crippen molar-refractivity contribution >= 4 is 16.5 Å². The van der Waals surface area contributed by atoms with Crippen LogP contribution < -0.4 is 5.73 Å². The summed E-state index contributed by atoms with van der Waals surface area (Å²) >= 11 is 0. The zero-order chi connectivity index (χ0) is 10.7. The van der Waals surface area contributed by atoms with Crippen LogP contribution in [0, 0.1) is 0 Å². The third-order valence-electron chi connectivity index (χ3n) is 2.57. The van der Waals surface area contributed by atoms with Crippen LogP contribution in [0.5, 0.6) is 0 Å². The Labute approximate surface area is 91.9 Å². The van der Waals surface area contributed by atoms with E-state index in [1.165, 1.54) is 0 Å². The van der Waals surface area contributed by atoms with Gasteiger partial charge in [0.15, 0.2) is 0 Å². The van der Waals surface area contributed by atoms with E-state index in [-0.39, 0.29) is 0 Å². The number of hydrogen-bond donors (Lipinski definition) is 1. The Morgan fingerprint density at radius 2 is 2.20 bits per heavy atom. The molecule has 0 saturated carbocycles. The maximum atomic E-state index is 11.2. The molecule has 0 bridgehead atoms. The topological polar surface area (TPSA) is 59.2 Å². The minimum atomic E-state index is -0.618. The zero-order valence-electron chi connectivity index (χ0n) is 8.56. The van der Waals surface area contributed by atoms with Gasteiger partial charge in [-0.05, 0) is 12.1 Å². The lowest BCUT2D eigenvalue weighted by atomic mass is 10.3. The van der Waals surface area contributed by atoms with Crippen LogP contribution in [-0.4, -0.2) is 38.7 Å². The fraction of sp³-hybridized carbons (Fsp3) is 0.500. The van der Waals surface area contributed by atoms with Gasteiger partial charge in [-0.15, -0.1) is 0 Å². The Bertz CT molecular complexity index is 359. The molecule has 0 spiro atoms. The predicted octanol–water partition coefficient (Wildman–Crippen LogP) is 0.228. The zero-order valence-corrected chi connectivity index (χ0v) is 9.37. The normalized spacial score (nSPS) is 19.2. The van der Waals surface area contributed by atoms with Crippen LogP contribution in [0.15, 0.2) is 18.3 Å². The minimum Gasteiger partial charge on any atom is -0.397 e. The van der Waals surface area contributed by atoms with Gasteiger partial charge in [-0.2, -0.15) is 0 Å². The molecule has 82 valence electrons. The van der Waals surface area contributed by atoms with E-state index >= 15 is 0 Å². The second-order valence-corrected chi connectivity index (χ2v) is 5.36. The van der Waals surface area contributed by atoms with Crippen molar-refractivity contribution in [2.45, 2.75) is 6.54 Å². The fourth-order valence-electron chi connectivity index (χ4n) is 1.63. The van der Waals surface area contributed by atoms with Gasteiger partial charge in [0.2, 0.25) is 0 Å². The summed E-state index contributed by atoms with van der Waals surface area (Å²) < 4.78 is 11.2. The monoisotopic (exact) mass is 225 g/mol. The molecule has 15 heavy (non-hydrogen) atoms. The van der Waals surface area contributed by atoms with E-state index in [0.717, 1.165) is 42.5 Å². The largest absolute Gasteiger partial charge is 0.397 e. The van der Waals surface area contributed by atoms with Crippen LogP contribution in [-0.2, 0) is 17.3 Å². The molecule has 0 unspecified atom stereocenters. The Morgan fingerprint density at radius 1 is 1.47 bits per heavy atom. The number of anilines is 1. The first-order chi connectivity index (χ1) is 7.25. The molecule has 1 aliphatic rings. The number of nitrogen functional groups attached to an aromatic ring is 1. The van der Waals surface area contributed by atoms with Crippen LogP contribution in [0.25, 0.3) is 0 Å². The van der Waals surface area contributed by atoms with Gasteiger partial charge in [0, 0.05) is 48.1 Å². The van der Waals surface area contributed by atoms with Crippen LogP contribution >= 0.6 is 0 Å². The first-order valence-corrected chi connectivity index (χ1v) is 6.51. The van der Waals surface area contributed by atoms with E-state index in [0.29, 0.717) is 0 Å². The van der Waals surface area contributed by atoms with E-state index in [4.69, 9.17) is 5.73 Å². The number of aromatic nitrogens is 1. The van der Waals surface area contributed by atoms with Crippen LogP contribution in [0.3, 0.4) is 0 Å². The second kappa shape index (κ2) is 4.72. The third-order valence-corrected chi connectivity index (χ3v) is 3.85. The molecule has 1 aromatic heterocycles. The molecule has 5 heteroatoms. The molecule has 2 N–H and O–H groups in total. The molecular weight excluding hydrogens is 210 g/mol. The van der Waals surface area contributed by atoms with Crippen molar-refractivity contribution in [1.29, 1.82) is 0 Å². The van der Waals surface area contributed by atoms with Gasteiger partial charge in [-0.25, -0.2) is 0 Å². The third kappa shape index (κ3) is 2.76. The molecule has 1 saturated heterocycles. The number of pyridine rings is 1. The first-order valence-electron chi connectivity index (χ1n) is 5.02. The highest BCUT2D eigenvalue weighted by atomic mass is 32.2. The summed E-state index contributed by atoms with van der Waals surface area (Å²) in [6.45, 7) is 2.52. The molecule has 0 radical (unpaired) electrons. The van der Waals surface area contributed by atoms with Crippen molar-refractivity contribution in [1.82, 2.24) is 9.88 Å². The summed E-state index contributed by atoms with van der Waals surface area (Å²) in [6.07, 6.45) is 1.76. The lowest BCUT2D eigenvalue weighted by molar-refractivity contribution is 0.288. The molecule has 4 nitrogen and oxygen atoms in total. The minimum absolute atomic E-state index is 0.618. The highest BCUT2D eigenvalue weighted by molar-refractivity contribution is 7.85. The van der Waals surface area contributed by atoms with E-state index in [2.05, 4.69) is 9.88 Å². The van der Waals surface area contributed by atoms with E-state index < -0.39 is 10.8 Å². The lowest BCUT2D eigenvalue weighted by Crippen LogP contribution is -2.37. The molecule has 0 aliphatic carbocycles.